The lowest BCUT2D eigenvalue weighted by Gasteiger charge is -2.48. The van der Waals surface area contributed by atoms with Gasteiger partial charge < -0.3 is 47.7 Å². The third kappa shape index (κ3) is 6.18. The van der Waals surface area contributed by atoms with E-state index in [9.17, 15) is 39.6 Å². The Balaban J connectivity index is 0.00000155. The van der Waals surface area contributed by atoms with Crippen LogP contribution in [0.1, 0.15) is 77.0 Å². The molecule has 3 aliphatic rings. The lowest BCUT2D eigenvalue weighted by atomic mass is 9.58. The van der Waals surface area contributed by atoms with E-state index in [1.807, 2.05) is 34.6 Å². The Bertz CT molecular complexity index is 1340. The number of hydrogen-bond acceptors (Lipinski definition) is 11. The van der Waals surface area contributed by atoms with Gasteiger partial charge in [0.1, 0.15) is 22.8 Å². The number of primary amides is 1. The molecule has 0 aromatic heterocycles. The number of aromatic hydroxyl groups is 1. The standard InChI is InChI=1S/C26H32N4O9.2C2H6/c1-2-3-4-5-39-25(37)30-9-11-8-14(27)12-6-10-7-13-18(28)21(33)17(24(29)36)23(35)26(13,38)22(34)15(10)20(32)16(12)19(11)31;2*1-2/h8,10,13,18,31-32,35,38H,2-7,9,27-28H2,1H3,(H2,29,36)(H,30,37);2*1-2H3/t10?,13-,18?,26-;;/m0../s1. The van der Waals surface area contributed by atoms with Gasteiger partial charge in [0.25, 0.3) is 5.91 Å². The molecule has 1 aromatic carbocycles. The second kappa shape index (κ2) is 14.4. The molecule has 1 fully saturated rings. The smallest absolute Gasteiger partial charge is 0.407 e. The minimum atomic E-state index is -2.79. The third-order valence-electron chi connectivity index (χ3n) is 7.77. The number of aliphatic hydroxyl groups excluding tert-OH is 2. The highest BCUT2D eigenvalue weighted by Crippen LogP contribution is 2.52. The van der Waals surface area contributed by atoms with E-state index in [2.05, 4.69) is 5.32 Å². The highest BCUT2D eigenvalue weighted by atomic mass is 16.5. The summed E-state index contributed by atoms with van der Waals surface area (Å²) in [6.07, 6.45) is 1.76. The first-order valence-electron chi connectivity index (χ1n) is 14.6. The Morgan fingerprint density at radius 3 is 2.33 bits per heavy atom. The van der Waals surface area contributed by atoms with E-state index >= 15 is 0 Å². The van der Waals surface area contributed by atoms with Crippen molar-refractivity contribution in [2.45, 2.75) is 84.9 Å². The van der Waals surface area contributed by atoms with Gasteiger partial charge in [-0.1, -0.05) is 47.5 Å². The predicted octanol–water partition coefficient (Wildman–Crippen LogP) is 2.41. The Labute approximate surface area is 250 Å². The van der Waals surface area contributed by atoms with E-state index in [0.717, 1.165) is 12.8 Å². The van der Waals surface area contributed by atoms with Crippen molar-refractivity contribution in [3.8, 4) is 5.75 Å². The number of phenols is 1. The van der Waals surface area contributed by atoms with Crippen molar-refractivity contribution in [3.05, 3.63) is 39.7 Å². The SMILES string of the molecule is CC.CC.CCCCCOC(=O)NCc1cc(N)c2c(c1O)C(O)=C1C(=O)[C@]3(O)C(O)=C(C(N)=O)C(=O)C(N)[C@@H]3CC1C2. The second-order valence-electron chi connectivity index (χ2n) is 10.1. The molecule has 13 nitrogen and oxygen atoms in total. The van der Waals surface area contributed by atoms with Gasteiger partial charge in [0.15, 0.2) is 11.4 Å². The summed E-state index contributed by atoms with van der Waals surface area (Å²) in [5, 5.41) is 46.8. The van der Waals surface area contributed by atoms with Crippen molar-refractivity contribution in [1.29, 1.82) is 0 Å². The Hall–Kier alpha value is -4.10. The molecule has 2 amide bonds. The zero-order valence-corrected chi connectivity index (χ0v) is 25.3. The molecule has 0 spiro atoms. The monoisotopic (exact) mass is 604 g/mol. The molecule has 3 aliphatic carbocycles. The third-order valence-corrected chi connectivity index (χ3v) is 7.77. The molecule has 4 rings (SSSR count). The zero-order valence-electron chi connectivity index (χ0n) is 25.3. The van der Waals surface area contributed by atoms with Gasteiger partial charge >= 0.3 is 6.09 Å². The number of unbranched alkanes of at least 4 members (excludes halogenated alkanes) is 2. The fraction of sp³-hybridized carbons (Fsp3) is 0.533. The first kappa shape index (κ1) is 35.1. The van der Waals surface area contributed by atoms with Gasteiger partial charge in [-0.05, 0) is 36.8 Å². The Morgan fingerprint density at radius 1 is 1.12 bits per heavy atom. The molecule has 4 atom stereocenters. The summed E-state index contributed by atoms with van der Waals surface area (Å²) in [6.45, 7) is 10.0. The molecule has 0 heterocycles. The number of rotatable bonds is 7. The number of fused-ring (bicyclic) bond motifs is 3. The number of alkyl carbamates (subject to hydrolysis) is 1. The highest BCUT2D eigenvalue weighted by Gasteiger charge is 2.63. The van der Waals surface area contributed by atoms with Gasteiger partial charge in [0, 0.05) is 29.3 Å². The lowest BCUT2D eigenvalue weighted by molar-refractivity contribution is -0.149. The number of hydrogen-bond donors (Lipinski definition) is 8. The minimum Gasteiger partial charge on any atom is -0.508 e. The van der Waals surface area contributed by atoms with Gasteiger partial charge in [-0.2, -0.15) is 0 Å². The van der Waals surface area contributed by atoms with Gasteiger partial charge in [0.2, 0.25) is 5.78 Å². The number of nitrogens with two attached hydrogens (primary N) is 3. The quantitative estimate of drug-likeness (QED) is 0.0971. The number of Topliss-reactive ketones (excluding diaryl/α,β-unsaturated/α-hetero) is 2. The summed E-state index contributed by atoms with van der Waals surface area (Å²) in [6, 6.07) is -0.0997. The summed E-state index contributed by atoms with van der Waals surface area (Å²) < 4.78 is 5.08. The van der Waals surface area contributed by atoms with E-state index in [0.29, 0.717) is 12.0 Å². The number of benzene rings is 1. The minimum absolute atomic E-state index is 0.0354. The zero-order chi connectivity index (χ0) is 32.8. The van der Waals surface area contributed by atoms with Crippen LogP contribution in [0.15, 0.2) is 23.0 Å². The van der Waals surface area contributed by atoms with Crippen LogP contribution in [0.3, 0.4) is 0 Å². The second-order valence-corrected chi connectivity index (χ2v) is 10.1. The molecule has 2 unspecified atom stereocenters. The average molecular weight is 605 g/mol. The van der Waals surface area contributed by atoms with Crippen LogP contribution in [0.2, 0.25) is 0 Å². The van der Waals surface area contributed by atoms with Crippen LogP contribution in [-0.4, -0.2) is 62.2 Å². The fourth-order valence-corrected chi connectivity index (χ4v) is 5.74. The van der Waals surface area contributed by atoms with Gasteiger partial charge in [0.05, 0.1) is 18.2 Å². The largest absolute Gasteiger partial charge is 0.508 e. The number of nitrogen functional groups attached to an aromatic ring is 1. The maximum Gasteiger partial charge on any atom is 0.407 e. The van der Waals surface area contributed by atoms with Crippen molar-refractivity contribution < 1.29 is 44.3 Å². The van der Waals surface area contributed by atoms with Crippen molar-refractivity contribution in [2.24, 2.45) is 23.3 Å². The number of ether oxygens (including phenoxy) is 1. The lowest BCUT2D eigenvalue weighted by Crippen LogP contribution is -2.65. The van der Waals surface area contributed by atoms with Crippen LogP contribution in [0.4, 0.5) is 10.5 Å². The average Bonchev–Trinajstić information content (AvgIpc) is 2.98. The van der Waals surface area contributed by atoms with E-state index in [1.165, 1.54) is 6.07 Å². The van der Waals surface area contributed by atoms with E-state index < -0.39 is 69.9 Å². The summed E-state index contributed by atoms with van der Waals surface area (Å²) in [5.41, 5.74) is 13.8. The molecular weight excluding hydrogens is 560 g/mol. The highest BCUT2D eigenvalue weighted by molar-refractivity contribution is 6.24. The van der Waals surface area contributed by atoms with E-state index in [1.54, 1.807) is 0 Å². The maximum absolute atomic E-state index is 13.6. The van der Waals surface area contributed by atoms with E-state index in [4.69, 9.17) is 21.9 Å². The summed E-state index contributed by atoms with van der Waals surface area (Å²) >= 11 is 0. The van der Waals surface area contributed by atoms with Crippen LogP contribution in [0.5, 0.6) is 5.75 Å². The molecule has 0 saturated heterocycles. The van der Waals surface area contributed by atoms with Crippen molar-refractivity contribution >= 4 is 35.0 Å². The predicted molar refractivity (Wildman–Crippen MR) is 160 cm³/mol. The van der Waals surface area contributed by atoms with Crippen LogP contribution in [-0.2, 0) is 32.1 Å². The molecule has 1 saturated carbocycles. The molecular formula is C30H44N4O9. The number of nitrogens with one attached hydrogen (secondary N) is 1. The Kier molecular flexibility index (Phi) is 11.7. The number of amides is 2. The van der Waals surface area contributed by atoms with Crippen LogP contribution in [0, 0.1) is 11.8 Å². The molecule has 238 valence electrons. The molecule has 1 aromatic rings. The summed E-state index contributed by atoms with van der Waals surface area (Å²) in [7, 11) is 0. The molecule has 43 heavy (non-hydrogen) atoms. The van der Waals surface area contributed by atoms with Gasteiger partial charge in [-0.15, -0.1) is 0 Å². The van der Waals surface area contributed by atoms with Crippen LogP contribution >= 0.6 is 0 Å². The summed E-state index contributed by atoms with van der Waals surface area (Å²) in [4.78, 5) is 50.1. The number of aliphatic hydroxyl groups is 3. The molecule has 11 N–H and O–H groups in total. The number of carbonyl (C=O) groups is 4. The number of phenolic OH excluding ortho intramolecular Hbond substituents is 1. The number of ketones is 2. The topological polar surface area (TPSA) is 249 Å². The van der Waals surface area contributed by atoms with Crippen molar-refractivity contribution in [1.82, 2.24) is 5.32 Å². The molecule has 0 radical (unpaired) electrons. The molecule has 0 bridgehead atoms. The first-order chi connectivity index (χ1) is 20.4. The van der Waals surface area contributed by atoms with Crippen LogP contribution < -0.4 is 22.5 Å². The van der Waals surface area contributed by atoms with E-state index in [-0.39, 0.29) is 48.4 Å². The van der Waals surface area contributed by atoms with Gasteiger partial charge in [-0.3, -0.25) is 14.4 Å². The molecule has 13 heteroatoms. The van der Waals surface area contributed by atoms with Gasteiger partial charge in [-0.25, -0.2) is 4.79 Å². The number of carbonyl (C=O) groups excluding carboxylic acids is 4. The number of anilines is 1. The normalized spacial score (nSPS) is 23.9. The van der Waals surface area contributed by atoms with Crippen molar-refractivity contribution in [2.75, 3.05) is 12.3 Å². The fourth-order valence-electron chi connectivity index (χ4n) is 5.74. The Morgan fingerprint density at radius 2 is 1.74 bits per heavy atom. The molecule has 0 aliphatic heterocycles. The van der Waals surface area contributed by atoms with Crippen molar-refractivity contribution in [3.63, 3.8) is 0 Å². The van der Waals surface area contributed by atoms with Crippen LogP contribution in [0.25, 0.3) is 5.76 Å². The summed E-state index contributed by atoms with van der Waals surface area (Å²) in [5.74, 6) is -8.01. The first-order valence-corrected chi connectivity index (χ1v) is 14.6. The maximum atomic E-state index is 13.6.